The van der Waals surface area contributed by atoms with Crippen LogP contribution in [0.1, 0.15) is 26.3 Å². The molecule has 0 N–H and O–H groups in total. The molecule has 0 aliphatic rings. The van der Waals surface area contributed by atoms with Crippen molar-refractivity contribution in [3.63, 3.8) is 0 Å². The van der Waals surface area contributed by atoms with Gasteiger partial charge in [-0.3, -0.25) is 0 Å². The third kappa shape index (κ3) is 8.05. The van der Waals surface area contributed by atoms with Gasteiger partial charge in [0.1, 0.15) is 5.58 Å². The number of furan rings is 1. The number of fused-ring (bicyclic) bond motifs is 3. The van der Waals surface area contributed by atoms with Gasteiger partial charge < -0.3 is 14.4 Å². The first-order valence-electron chi connectivity index (χ1n) is 15.9. The average molecular weight is 809 g/mol. The Hall–Kier alpha value is -4.15. The van der Waals surface area contributed by atoms with Gasteiger partial charge in [0.05, 0.1) is 13.7 Å². The Labute approximate surface area is 293 Å². The quantitative estimate of drug-likeness (QED) is 0.128. The van der Waals surface area contributed by atoms with Crippen LogP contribution in [0.15, 0.2) is 126 Å². The van der Waals surface area contributed by atoms with E-state index in [0.29, 0.717) is 0 Å². The Morgan fingerprint density at radius 1 is 0.745 bits per heavy atom. The molecule has 0 saturated carbocycles. The van der Waals surface area contributed by atoms with Crippen molar-refractivity contribution in [2.75, 3.05) is 0 Å². The van der Waals surface area contributed by atoms with Crippen LogP contribution in [0.5, 0.6) is 0 Å². The SMILES string of the molecule is CC(C)(C)Cc1ccnc(-c2[c-]ccc3c2oc2cccc(-c4ccccc4)c23)c1.C[Si](C)(C)c1ccc(-c2[c-]cccc2)nc1.[Ir]. The summed E-state index contributed by atoms with van der Waals surface area (Å²) in [5.74, 6) is 0. The predicted octanol–water partition coefficient (Wildman–Crippen LogP) is 10.8. The molecule has 239 valence electrons. The smallest absolute Gasteiger partial charge is 0.121 e. The van der Waals surface area contributed by atoms with E-state index in [2.05, 4.69) is 129 Å². The second-order valence-corrected chi connectivity index (χ2v) is 19.1. The van der Waals surface area contributed by atoms with Crippen LogP contribution in [0, 0.1) is 17.5 Å². The number of hydrogen-bond donors (Lipinski definition) is 0. The molecule has 7 rings (SSSR count). The maximum atomic E-state index is 6.37. The van der Waals surface area contributed by atoms with E-state index in [1.54, 1.807) is 0 Å². The first kappa shape index (κ1) is 34.2. The second kappa shape index (κ2) is 14.3. The first-order valence-corrected chi connectivity index (χ1v) is 19.4. The average Bonchev–Trinajstić information content (AvgIpc) is 3.44. The van der Waals surface area contributed by atoms with Gasteiger partial charge in [-0.1, -0.05) is 118 Å². The molecule has 7 aromatic rings. The van der Waals surface area contributed by atoms with Crippen LogP contribution in [0.3, 0.4) is 0 Å². The molecule has 0 aliphatic heterocycles. The van der Waals surface area contributed by atoms with Crippen LogP contribution < -0.4 is 5.19 Å². The summed E-state index contributed by atoms with van der Waals surface area (Å²) < 4.78 is 6.37. The fraction of sp³-hybridized carbons (Fsp3) is 0.190. The summed E-state index contributed by atoms with van der Waals surface area (Å²) >= 11 is 0. The van der Waals surface area contributed by atoms with Crippen LogP contribution in [0.25, 0.3) is 55.6 Å². The minimum atomic E-state index is -1.23. The molecule has 3 aromatic heterocycles. The zero-order valence-electron chi connectivity index (χ0n) is 27.9. The van der Waals surface area contributed by atoms with Crippen LogP contribution in [-0.4, -0.2) is 18.0 Å². The molecule has 1 radical (unpaired) electrons. The zero-order chi connectivity index (χ0) is 32.3. The van der Waals surface area contributed by atoms with E-state index in [-0.39, 0.29) is 25.5 Å². The van der Waals surface area contributed by atoms with Crippen molar-refractivity contribution in [2.24, 2.45) is 5.41 Å². The summed E-state index contributed by atoms with van der Waals surface area (Å²) in [6, 6.07) is 43.9. The van der Waals surface area contributed by atoms with Gasteiger partial charge in [0.25, 0.3) is 0 Å². The van der Waals surface area contributed by atoms with E-state index < -0.39 is 8.07 Å². The van der Waals surface area contributed by atoms with E-state index in [4.69, 9.17) is 4.42 Å². The maximum Gasteiger partial charge on any atom is 0.121 e. The Morgan fingerprint density at radius 2 is 1.53 bits per heavy atom. The Kier molecular flexibility index (Phi) is 10.4. The summed E-state index contributed by atoms with van der Waals surface area (Å²) in [5, 5.41) is 3.63. The molecule has 0 aliphatic carbocycles. The molecule has 0 atom stereocenters. The van der Waals surface area contributed by atoms with Crippen LogP contribution in [-0.2, 0) is 26.5 Å². The maximum absolute atomic E-state index is 6.37. The molecule has 0 bridgehead atoms. The third-order valence-corrected chi connectivity index (χ3v) is 10.00. The molecule has 0 amide bonds. The van der Waals surface area contributed by atoms with Crippen molar-refractivity contribution in [2.45, 2.75) is 46.8 Å². The Morgan fingerprint density at radius 3 is 2.21 bits per heavy atom. The van der Waals surface area contributed by atoms with Gasteiger partial charge in [-0.2, -0.15) is 0 Å². The fourth-order valence-electron chi connectivity index (χ4n) is 5.72. The molecule has 0 spiro atoms. The molecule has 0 unspecified atom stereocenters. The van der Waals surface area contributed by atoms with Gasteiger partial charge >= 0.3 is 0 Å². The third-order valence-electron chi connectivity index (χ3n) is 7.97. The monoisotopic (exact) mass is 809 g/mol. The summed E-state index contributed by atoms with van der Waals surface area (Å²) in [7, 11) is -1.23. The summed E-state index contributed by atoms with van der Waals surface area (Å²) in [5.41, 5.74) is 9.48. The second-order valence-electron chi connectivity index (χ2n) is 14.0. The number of pyridine rings is 2. The molecule has 4 aromatic carbocycles. The van der Waals surface area contributed by atoms with Crippen molar-refractivity contribution < 1.29 is 24.5 Å². The van der Waals surface area contributed by atoms with Crippen molar-refractivity contribution in [3.8, 4) is 33.6 Å². The molecule has 0 fully saturated rings. The summed E-state index contributed by atoms with van der Waals surface area (Å²) in [6.07, 6.45) is 4.90. The number of hydrogen-bond acceptors (Lipinski definition) is 3. The molecule has 3 nitrogen and oxygen atoms in total. The van der Waals surface area contributed by atoms with Crippen molar-refractivity contribution >= 4 is 35.2 Å². The fourth-order valence-corrected chi connectivity index (χ4v) is 6.76. The predicted molar refractivity (Wildman–Crippen MR) is 196 cm³/mol. The van der Waals surface area contributed by atoms with Crippen molar-refractivity contribution in [1.29, 1.82) is 0 Å². The topological polar surface area (TPSA) is 38.9 Å². The van der Waals surface area contributed by atoms with Gasteiger partial charge in [-0.05, 0) is 51.7 Å². The molecule has 47 heavy (non-hydrogen) atoms. The minimum Gasteiger partial charge on any atom is -0.501 e. The Bertz CT molecular complexity index is 2070. The first-order chi connectivity index (χ1) is 22.1. The molecule has 3 heterocycles. The molecular weight excluding hydrogens is 769 g/mol. The van der Waals surface area contributed by atoms with E-state index >= 15 is 0 Å². The number of rotatable bonds is 5. The van der Waals surface area contributed by atoms with E-state index in [0.717, 1.165) is 50.9 Å². The van der Waals surface area contributed by atoms with Gasteiger partial charge in [0, 0.05) is 37.9 Å². The van der Waals surface area contributed by atoms with Crippen molar-refractivity contribution in [3.05, 3.63) is 139 Å². The van der Waals surface area contributed by atoms with Crippen molar-refractivity contribution in [1.82, 2.24) is 9.97 Å². The van der Waals surface area contributed by atoms with Crippen LogP contribution >= 0.6 is 0 Å². The van der Waals surface area contributed by atoms with E-state index in [9.17, 15) is 0 Å². The van der Waals surface area contributed by atoms with E-state index in [1.807, 2.05) is 54.9 Å². The van der Waals surface area contributed by atoms with E-state index in [1.165, 1.54) is 21.9 Å². The van der Waals surface area contributed by atoms with Gasteiger partial charge in [0.15, 0.2) is 0 Å². The van der Waals surface area contributed by atoms with Gasteiger partial charge in [0.2, 0.25) is 0 Å². The number of benzene rings is 4. The van der Waals surface area contributed by atoms with Crippen LogP contribution in [0.2, 0.25) is 19.6 Å². The van der Waals surface area contributed by atoms with Gasteiger partial charge in [-0.25, -0.2) is 0 Å². The largest absolute Gasteiger partial charge is 0.501 e. The zero-order valence-corrected chi connectivity index (χ0v) is 31.3. The van der Waals surface area contributed by atoms with Gasteiger partial charge in [-0.15, -0.1) is 54.1 Å². The summed E-state index contributed by atoms with van der Waals surface area (Å²) in [4.78, 5) is 9.17. The number of nitrogens with zero attached hydrogens (tertiary/aromatic N) is 2. The number of aromatic nitrogens is 2. The Balaban J connectivity index is 0.000000217. The standard InChI is InChI=1S/C28H24NO.C14H16NSi.Ir/c1-28(2,3)18-19-15-16-29-24(17-19)22-12-7-13-23-26-21(20-9-5-4-6-10-20)11-8-14-25(26)30-27(22)23;1-16(2,3)13-9-10-14(15-11-13)12-7-5-4-6-8-12;/h4-11,13-17H,18H2,1-3H3;4-7,9-11H,1-3H3;/q2*-1;. The minimum absolute atomic E-state index is 0. The van der Waals surface area contributed by atoms with Crippen LogP contribution in [0.4, 0.5) is 0 Å². The molecule has 5 heteroatoms. The summed E-state index contributed by atoms with van der Waals surface area (Å²) in [6.45, 7) is 13.8. The molecule has 0 saturated heterocycles. The normalized spacial score (nSPS) is 11.5. The molecular formula is C42H40IrN2OSi-2.